The number of rotatable bonds is 7. The van der Waals surface area contributed by atoms with Gasteiger partial charge in [-0.05, 0) is 42.0 Å². The number of amides is 1. The zero-order valence-corrected chi connectivity index (χ0v) is 16.7. The number of aromatic nitrogens is 2. The van der Waals surface area contributed by atoms with Gasteiger partial charge < -0.3 is 4.74 Å². The molecule has 0 saturated heterocycles. The van der Waals surface area contributed by atoms with Crippen molar-refractivity contribution in [2.75, 3.05) is 0 Å². The fourth-order valence-electron chi connectivity index (χ4n) is 3.02. The monoisotopic (exact) mass is 432 g/mol. The molecule has 0 saturated carbocycles. The number of para-hydroxylation sites is 1. The van der Waals surface area contributed by atoms with Gasteiger partial charge in [-0.15, -0.1) is 0 Å². The first-order valence-corrected chi connectivity index (χ1v) is 9.69. The molecule has 4 aromatic rings. The number of benzene rings is 3. The Kier molecular flexibility index (Phi) is 6.31. The number of hydrogen-bond donors (Lipinski definition) is 1. The second-order valence-electron chi connectivity index (χ2n) is 6.68. The molecule has 4 rings (SSSR count). The lowest BCUT2D eigenvalue weighted by atomic mass is 10.1. The lowest BCUT2D eigenvalue weighted by Gasteiger charge is -2.04. The Labute approximate surface area is 182 Å². The topological polar surface area (TPSA) is 68.5 Å². The zero-order valence-electron chi connectivity index (χ0n) is 16.7. The van der Waals surface area contributed by atoms with E-state index in [0.717, 1.165) is 11.3 Å². The molecule has 0 unspecified atom stereocenters. The second-order valence-corrected chi connectivity index (χ2v) is 6.68. The minimum absolute atomic E-state index is 0.0435. The lowest BCUT2D eigenvalue weighted by Crippen LogP contribution is -2.18. The number of halogens is 2. The summed E-state index contributed by atoms with van der Waals surface area (Å²) in [6.45, 7) is -2.88. The van der Waals surface area contributed by atoms with E-state index in [2.05, 4.69) is 20.4 Å². The highest BCUT2D eigenvalue weighted by Crippen LogP contribution is 2.23. The third kappa shape index (κ3) is 5.04. The molecular weight excluding hydrogens is 414 g/mol. The third-order valence-electron chi connectivity index (χ3n) is 4.51. The molecule has 0 aliphatic rings. The van der Waals surface area contributed by atoms with Crippen LogP contribution in [0.25, 0.3) is 16.9 Å². The van der Waals surface area contributed by atoms with Crippen LogP contribution in [0.5, 0.6) is 5.75 Å². The highest BCUT2D eigenvalue weighted by molar-refractivity contribution is 6.00. The highest BCUT2D eigenvalue weighted by atomic mass is 19.3. The van der Waals surface area contributed by atoms with Crippen molar-refractivity contribution >= 4 is 12.1 Å². The number of carbonyl (C=O) groups is 1. The van der Waals surface area contributed by atoms with Crippen molar-refractivity contribution in [3.8, 4) is 22.7 Å². The molecule has 0 atom stereocenters. The molecule has 0 bridgehead atoms. The quantitative estimate of drug-likeness (QED) is 0.333. The van der Waals surface area contributed by atoms with Crippen molar-refractivity contribution in [3.63, 3.8) is 0 Å². The summed E-state index contributed by atoms with van der Waals surface area (Å²) < 4.78 is 30.4. The first-order valence-electron chi connectivity index (χ1n) is 9.69. The van der Waals surface area contributed by atoms with Gasteiger partial charge in [-0.3, -0.25) is 4.79 Å². The number of nitrogens with zero attached hydrogens (tertiary/aromatic N) is 3. The first kappa shape index (κ1) is 20.9. The fraction of sp³-hybridized carbons (Fsp3) is 0.0417. The molecular formula is C24H18F2N4O2. The molecule has 0 radical (unpaired) electrons. The molecule has 1 heterocycles. The standard InChI is InChI=1S/C24H18F2N4O2/c25-24(26)32-20-13-11-17(12-14-20)15-27-28-23(31)21-16-30(19-9-5-2-6-10-19)29-22(21)18-7-3-1-4-8-18/h1-16,24H,(H,28,31)/b27-15+. The number of nitrogens with one attached hydrogen (secondary N) is 1. The van der Waals surface area contributed by atoms with Gasteiger partial charge in [0.05, 0.1) is 17.5 Å². The maximum Gasteiger partial charge on any atom is 0.387 e. The normalized spacial score (nSPS) is 11.1. The predicted molar refractivity (Wildman–Crippen MR) is 117 cm³/mol. The minimum atomic E-state index is -2.88. The minimum Gasteiger partial charge on any atom is -0.435 e. The van der Waals surface area contributed by atoms with Crippen molar-refractivity contribution in [2.45, 2.75) is 6.61 Å². The van der Waals surface area contributed by atoms with E-state index < -0.39 is 12.5 Å². The summed E-state index contributed by atoms with van der Waals surface area (Å²) >= 11 is 0. The van der Waals surface area contributed by atoms with Gasteiger partial charge in [0.25, 0.3) is 5.91 Å². The Morgan fingerprint density at radius 2 is 1.62 bits per heavy atom. The van der Waals surface area contributed by atoms with Crippen LogP contribution in [0.4, 0.5) is 8.78 Å². The van der Waals surface area contributed by atoms with E-state index >= 15 is 0 Å². The Balaban J connectivity index is 1.55. The Morgan fingerprint density at radius 3 is 2.28 bits per heavy atom. The van der Waals surface area contributed by atoms with Gasteiger partial charge in [-0.1, -0.05) is 48.5 Å². The molecule has 160 valence electrons. The molecule has 3 aromatic carbocycles. The van der Waals surface area contributed by atoms with Gasteiger partial charge in [0.2, 0.25) is 0 Å². The second kappa shape index (κ2) is 9.65. The van der Waals surface area contributed by atoms with E-state index in [4.69, 9.17) is 0 Å². The first-order chi connectivity index (χ1) is 15.6. The summed E-state index contributed by atoms with van der Waals surface area (Å²) in [7, 11) is 0. The van der Waals surface area contributed by atoms with Crippen molar-refractivity contribution in [1.82, 2.24) is 15.2 Å². The number of ether oxygens (including phenoxy) is 1. The summed E-state index contributed by atoms with van der Waals surface area (Å²) in [5.74, 6) is -0.387. The summed E-state index contributed by atoms with van der Waals surface area (Å²) in [4.78, 5) is 12.9. The van der Waals surface area contributed by atoms with Gasteiger partial charge in [0.1, 0.15) is 11.4 Å². The Bertz CT molecular complexity index is 1210. The van der Waals surface area contributed by atoms with Crippen LogP contribution >= 0.6 is 0 Å². The van der Waals surface area contributed by atoms with Crippen LogP contribution in [-0.4, -0.2) is 28.5 Å². The van der Waals surface area contributed by atoms with Crippen LogP contribution in [-0.2, 0) is 0 Å². The molecule has 0 spiro atoms. The van der Waals surface area contributed by atoms with Crippen molar-refractivity contribution in [3.05, 3.63) is 102 Å². The molecule has 0 fully saturated rings. The largest absolute Gasteiger partial charge is 0.435 e. The number of hydrazone groups is 1. The smallest absolute Gasteiger partial charge is 0.387 e. The van der Waals surface area contributed by atoms with Crippen LogP contribution in [0, 0.1) is 0 Å². The van der Waals surface area contributed by atoms with Gasteiger partial charge in [0.15, 0.2) is 0 Å². The zero-order chi connectivity index (χ0) is 22.3. The molecule has 8 heteroatoms. The third-order valence-corrected chi connectivity index (χ3v) is 4.51. The van der Waals surface area contributed by atoms with E-state index in [0.29, 0.717) is 16.8 Å². The SMILES string of the molecule is O=C(N/N=C/c1ccc(OC(F)F)cc1)c1cn(-c2ccccc2)nc1-c1ccccc1. The van der Waals surface area contributed by atoms with Gasteiger partial charge in [-0.25, -0.2) is 10.1 Å². The number of hydrogen-bond acceptors (Lipinski definition) is 4. The predicted octanol–water partition coefficient (Wildman–Crippen LogP) is 4.90. The highest BCUT2D eigenvalue weighted by Gasteiger charge is 2.18. The molecule has 6 nitrogen and oxygen atoms in total. The average molecular weight is 432 g/mol. The number of carbonyl (C=O) groups excluding carboxylic acids is 1. The maximum atomic E-state index is 12.9. The van der Waals surface area contributed by atoms with E-state index in [1.807, 2.05) is 60.7 Å². The molecule has 1 N–H and O–H groups in total. The van der Waals surface area contributed by atoms with E-state index in [-0.39, 0.29) is 5.75 Å². The number of alkyl halides is 2. The average Bonchev–Trinajstić information content (AvgIpc) is 3.27. The van der Waals surface area contributed by atoms with E-state index in [9.17, 15) is 13.6 Å². The van der Waals surface area contributed by atoms with Crippen LogP contribution in [0.3, 0.4) is 0 Å². The molecule has 1 aromatic heterocycles. The molecule has 0 aliphatic heterocycles. The van der Waals surface area contributed by atoms with Crippen molar-refractivity contribution in [2.24, 2.45) is 5.10 Å². The Morgan fingerprint density at radius 1 is 0.969 bits per heavy atom. The van der Waals surface area contributed by atoms with E-state index in [1.54, 1.807) is 23.0 Å². The summed E-state index contributed by atoms with van der Waals surface area (Å²) in [5, 5.41) is 8.57. The van der Waals surface area contributed by atoms with Crippen molar-refractivity contribution < 1.29 is 18.3 Å². The van der Waals surface area contributed by atoms with Crippen LogP contribution < -0.4 is 10.2 Å². The van der Waals surface area contributed by atoms with E-state index in [1.165, 1.54) is 18.3 Å². The van der Waals surface area contributed by atoms with Crippen LogP contribution in [0.15, 0.2) is 96.2 Å². The molecule has 32 heavy (non-hydrogen) atoms. The van der Waals surface area contributed by atoms with Crippen LogP contribution in [0.2, 0.25) is 0 Å². The summed E-state index contributed by atoms with van der Waals surface area (Å²) in [6, 6.07) is 24.7. The van der Waals surface area contributed by atoms with Crippen LogP contribution in [0.1, 0.15) is 15.9 Å². The van der Waals surface area contributed by atoms with Crippen molar-refractivity contribution in [1.29, 1.82) is 0 Å². The molecule has 0 aliphatic carbocycles. The summed E-state index contributed by atoms with van der Waals surface area (Å²) in [6.07, 6.45) is 3.06. The van der Waals surface area contributed by atoms with Gasteiger partial charge in [0, 0.05) is 11.8 Å². The van der Waals surface area contributed by atoms with Gasteiger partial charge in [-0.2, -0.15) is 19.0 Å². The molecule has 1 amide bonds. The lowest BCUT2D eigenvalue weighted by molar-refractivity contribution is -0.0498. The summed E-state index contributed by atoms with van der Waals surface area (Å²) in [5.41, 5.74) is 5.60. The Hall–Kier alpha value is -4.33. The van der Waals surface area contributed by atoms with Gasteiger partial charge >= 0.3 is 6.61 Å². The fourth-order valence-corrected chi connectivity index (χ4v) is 3.02. The maximum absolute atomic E-state index is 12.9.